The van der Waals surface area contributed by atoms with Gasteiger partial charge in [0.1, 0.15) is 22.9 Å². The molecule has 0 unspecified atom stereocenters. The van der Waals surface area contributed by atoms with Crippen LogP contribution in [0, 0.1) is 6.92 Å². The second kappa shape index (κ2) is 5.25. The van der Waals surface area contributed by atoms with E-state index < -0.39 is 0 Å². The third kappa shape index (κ3) is 2.56. The number of nitrogens with zero attached hydrogens (tertiary/aromatic N) is 2. The van der Waals surface area contributed by atoms with E-state index in [2.05, 4.69) is 10.2 Å². The first-order valence-corrected chi connectivity index (χ1v) is 6.57. The third-order valence-electron chi connectivity index (χ3n) is 3.27. The van der Waals surface area contributed by atoms with E-state index in [4.69, 9.17) is 0 Å². The molecule has 0 aliphatic rings. The molecule has 3 aromatic carbocycles. The van der Waals surface area contributed by atoms with Crippen LogP contribution in [0.25, 0.3) is 10.8 Å². The van der Waals surface area contributed by atoms with Crippen LogP contribution in [-0.4, -0.2) is 10.2 Å². The summed E-state index contributed by atoms with van der Waals surface area (Å²) in [5.74, 6) is 0.127. The van der Waals surface area contributed by atoms with Gasteiger partial charge in [0.25, 0.3) is 0 Å². The number of fused-ring (bicyclic) bond motifs is 1. The number of rotatable bonds is 2. The number of aromatic hydroxyl groups is 2. The van der Waals surface area contributed by atoms with E-state index in [0.29, 0.717) is 11.4 Å². The molecule has 0 aliphatic carbocycles. The molecule has 0 atom stereocenters. The summed E-state index contributed by atoms with van der Waals surface area (Å²) in [7, 11) is 0. The first-order valence-electron chi connectivity index (χ1n) is 6.57. The molecule has 0 fully saturated rings. The highest BCUT2D eigenvalue weighted by molar-refractivity contribution is 5.95. The van der Waals surface area contributed by atoms with Gasteiger partial charge in [-0.1, -0.05) is 36.4 Å². The van der Waals surface area contributed by atoms with E-state index in [-0.39, 0.29) is 11.5 Å². The van der Waals surface area contributed by atoms with E-state index in [1.807, 2.05) is 43.3 Å². The molecule has 104 valence electrons. The fraction of sp³-hybridized carbons (Fsp3) is 0.0588. The average molecular weight is 278 g/mol. The molecular weight excluding hydrogens is 264 g/mol. The summed E-state index contributed by atoms with van der Waals surface area (Å²) < 4.78 is 0. The van der Waals surface area contributed by atoms with Gasteiger partial charge in [0.15, 0.2) is 0 Å². The predicted octanol–water partition coefficient (Wildman–Crippen LogP) is 4.97. The van der Waals surface area contributed by atoms with Gasteiger partial charge in [-0.25, -0.2) is 0 Å². The minimum atomic E-state index is 0.0593. The molecule has 0 bridgehead atoms. The molecule has 0 aromatic heterocycles. The van der Waals surface area contributed by atoms with Gasteiger partial charge in [0.05, 0.1) is 0 Å². The number of aryl methyl sites for hydroxylation is 1. The number of hydrogen-bond acceptors (Lipinski definition) is 4. The summed E-state index contributed by atoms with van der Waals surface area (Å²) in [6, 6.07) is 16.2. The Morgan fingerprint density at radius 2 is 1.62 bits per heavy atom. The van der Waals surface area contributed by atoms with Crippen LogP contribution in [0.3, 0.4) is 0 Å². The highest BCUT2D eigenvalue weighted by Crippen LogP contribution is 2.37. The van der Waals surface area contributed by atoms with Crippen molar-refractivity contribution in [2.24, 2.45) is 10.2 Å². The predicted molar refractivity (Wildman–Crippen MR) is 82.6 cm³/mol. The number of phenolic OH excluding ortho intramolecular Hbond substituents is 2. The van der Waals surface area contributed by atoms with E-state index in [9.17, 15) is 10.2 Å². The van der Waals surface area contributed by atoms with Crippen molar-refractivity contribution in [3.8, 4) is 11.5 Å². The van der Waals surface area contributed by atoms with Crippen molar-refractivity contribution in [2.45, 2.75) is 6.92 Å². The van der Waals surface area contributed by atoms with Gasteiger partial charge in [0, 0.05) is 5.39 Å². The lowest BCUT2D eigenvalue weighted by Crippen LogP contribution is -1.75. The topological polar surface area (TPSA) is 65.2 Å². The second-order valence-corrected chi connectivity index (χ2v) is 4.85. The van der Waals surface area contributed by atoms with Gasteiger partial charge >= 0.3 is 0 Å². The Bertz CT molecular complexity index is 841. The van der Waals surface area contributed by atoms with Gasteiger partial charge in [-0.05, 0) is 36.1 Å². The maximum Gasteiger partial charge on any atom is 0.143 e. The third-order valence-corrected chi connectivity index (χ3v) is 3.27. The average Bonchev–Trinajstić information content (AvgIpc) is 2.48. The van der Waals surface area contributed by atoms with Gasteiger partial charge in [-0.15, -0.1) is 10.2 Å². The fourth-order valence-corrected chi connectivity index (χ4v) is 2.17. The van der Waals surface area contributed by atoms with Crippen molar-refractivity contribution in [2.75, 3.05) is 0 Å². The summed E-state index contributed by atoms with van der Waals surface area (Å²) in [5.41, 5.74) is 1.71. The molecule has 0 aliphatic heterocycles. The van der Waals surface area contributed by atoms with Crippen molar-refractivity contribution >= 4 is 22.1 Å². The lowest BCUT2D eigenvalue weighted by atomic mass is 10.1. The zero-order valence-electron chi connectivity index (χ0n) is 11.5. The summed E-state index contributed by atoms with van der Waals surface area (Å²) in [6.07, 6.45) is 0. The lowest BCUT2D eigenvalue weighted by molar-refractivity contribution is 0.474. The molecule has 0 heterocycles. The Balaban J connectivity index is 2.09. The number of azo groups is 1. The first-order chi connectivity index (χ1) is 10.1. The van der Waals surface area contributed by atoms with Crippen LogP contribution in [0.5, 0.6) is 11.5 Å². The minimum absolute atomic E-state index is 0.0593. The van der Waals surface area contributed by atoms with Crippen LogP contribution >= 0.6 is 0 Å². The molecule has 3 rings (SSSR count). The highest BCUT2D eigenvalue weighted by atomic mass is 16.3. The standard InChI is InChI=1S/C17H14N2O2/c1-11-6-8-14(16(21)10-11)18-19-17-13-5-3-2-4-12(13)7-9-15(17)20/h2-10,20-21H,1H3/b19-18+. The molecule has 3 aromatic rings. The van der Waals surface area contributed by atoms with Crippen LogP contribution in [-0.2, 0) is 0 Å². The summed E-state index contributed by atoms with van der Waals surface area (Å²) in [5, 5.41) is 29.8. The van der Waals surface area contributed by atoms with Crippen LogP contribution in [0.15, 0.2) is 64.8 Å². The maximum atomic E-state index is 9.98. The van der Waals surface area contributed by atoms with E-state index >= 15 is 0 Å². The SMILES string of the molecule is Cc1ccc(/N=N/c2c(O)ccc3ccccc23)c(O)c1. The second-order valence-electron chi connectivity index (χ2n) is 4.85. The minimum Gasteiger partial charge on any atom is -0.506 e. The van der Waals surface area contributed by atoms with Crippen LogP contribution < -0.4 is 0 Å². The lowest BCUT2D eigenvalue weighted by Gasteiger charge is -2.04. The van der Waals surface area contributed by atoms with Crippen molar-refractivity contribution in [1.82, 2.24) is 0 Å². The zero-order chi connectivity index (χ0) is 14.8. The number of benzene rings is 3. The summed E-state index contributed by atoms with van der Waals surface area (Å²) in [4.78, 5) is 0. The van der Waals surface area contributed by atoms with Crippen LogP contribution in [0.2, 0.25) is 0 Å². The maximum absolute atomic E-state index is 9.98. The first kappa shape index (κ1) is 13.1. The smallest absolute Gasteiger partial charge is 0.143 e. The summed E-state index contributed by atoms with van der Waals surface area (Å²) in [6.45, 7) is 1.89. The quantitative estimate of drug-likeness (QED) is 0.649. The van der Waals surface area contributed by atoms with Crippen LogP contribution in [0.1, 0.15) is 5.56 Å². The molecule has 2 N–H and O–H groups in total. The van der Waals surface area contributed by atoms with Crippen molar-refractivity contribution in [3.63, 3.8) is 0 Å². The van der Waals surface area contributed by atoms with Crippen molar-refractivity contribution in [1.29, 1.82) is 0 Å². The molecule has 0 saturated carbocycles. The van der Waals surface area contributed by atoms with Crippen molar-refractivity contribution in [3.05, 3.63) is 60.2 Å². The Morgan fingerprint density at radius 3 is 2.43 bits per heavy atom. The molecule has 0 amide bonds. The van der Waals surface area contributed by atoms with Crippen LogP contribution in [0.4, 0.5) is 11.4 Å². The van der Waals surface area contributed by atoms with Gasteiger partial charge < -0.3 is 10.2 Å². The Hall–Kier alpha value is -2.88. The van der Waals surface area contributed by atoms with Crippen molar-refractivity contribution < 1.29 is 10.2 Å². The molecule has 4 nitrogen and oxygen atoms in total. The van der Waals surface area contributed by atoms with E-state index in [0.717, 1.165) is 16.3 Å². The molecule has 4 heteroatoms. The van der Waals surface area contributed by atoms with E-state index in [1.165, 1.54) is 0 Å². The monoisotopic (exact) mass is 278 g/mol. The normalized spacial score (nSPS) is 11.3. The summed E-state index contributed by atoms with van der Waals surface area (Å²) >= 11 is 0. The molecule has 0 spiro atoms. The number of phenols is 2. The van der Waals surface area contributed by atoms with Gasteiger partial charge in [-0.2, -0.15) is 0 Å². The Kier molecular flexibility index (Phi) is 3.28. The highest BCUT2D eigenvalue weighted by Gasteiger charge is 2.06. The Morgan fingerprint density at radius 1 is 0.810 bits per heavy atom. The molecule has 0 saturated heterocycles. The van der Waals surface area contributed by atoms with E-state index in [1.54, 1.807) is 18.2 Å². The molecular formula is C17H14N2O2. The largest absolute Gasteiger partial charge is 0.506 e. The number of hydrogen-bond donors (Lipinski definition) is 2. The Labute approximate surface area is 122 Å². The fourth-order valence-electron chi connectivity index (χ4n) is 2.17. The van der Waals surface area contributed by atoms with Gasteiger partial charge in [0.2, 0.25) is 0 Å². The molecule has 21 heavy (non-hydrogen) atoms. The zero-order valence-corrected chi connectivity index (χ0v) is 11.5. The van der Waals surface area contributed by atoms with Gasteiger partial charge in [-0.3, -0.25) is 0 Å². The molecule has 0 radical (unpaired) electrons.